The summed E-state index contributed by atoms with van der Waals surface area (Å²) in [5, 5.41) is 9.53. The predicted molar refractivity (Wildman–Crippen MR) is 274 cm³/mol. The Morgan fingerprint density at radius 1 is 0.323 bits per heavy atom. The Hall–Kier alpha value is -8.66. The minimum atomic E-state index is 0.886. The van der Waals surface area contributed by atoms with Crippen molar-refractivity contribution in [3.63, 3.8) is 0 Å². The average molecular weight is 829 g/mol. The number of aromatic nitrogens is 1. The zero-order chi connectivity index (χ0) is 42.8. The van der Waals surface area contributed by atoms with Crippen LogP contribution in [0.15, 0.2) is 247 Å². The minimum absolute atomic E-state index is 0.886. The third-order valence-corrected chi connectivity index (χ3v) is 13.2. The van der Waals surface area contributed by atoms with Crippen LogP contribution in [0.4, 0.5) is 17.1 Å². The van der Waals surface area contributed by atoms with Crippen LogP contribution in [-0.4, -0.2) is 4.57 Å². The molecule has 0 aliphatic heterocycles. The summed E-state index contributed by atoms with van der Waals surface area (Å²) in [5.41, 5.74) is 15.5. The van der Waals surface area contributed by atoms with Crippen molar-refractivity contribution in [3.05, 3.63) is 243 Å². The van der Waals surface area contributed by atoms with Gasteiger partial charge < -0.3 is 13.9 Å². The van der Waals surface area contributed by atoms with Crippen molar-refractivity contribution in [1.82, 2.24) is 4.57 Å². The van der Waals surface area contributed by atoms with Crippen LogP contribution in [0.25, 0.3) is 104 Å². The van der Waals surface area contributed by atoms with Crippen LogP contribution in [0.3, 0.4) is 0 Å². The monoisotopic (exact) mass is 828 g/mol. The molecule has 0 bridgehead atoms. The van der Waals surface area contributed by atoms with Gasteiger partial charge in [-0.15, -0.1) is 0 Å². The second-order valence-corrected chi connectivity index (χ2v) is 16.9. The number of furan rings is 1. The Bertz CT molecular complexity index is 3900. The van der Waals surface area contributed by atoms with Crippen LogP contribution in [0.2, 0.25) is 0 Å². The lowest BCUT2D eigenvalue weighted by Gasteiger charge is -2.28. The van der Waals surface area contributed by atoms with Crippen LogP contribution in [0, 0.1) is 0 Å². The van der Waals surface area contributed by atoms with Crippen molar-refractivity contribution >= 4 is 82.4 Å². The van der Waals surface area contributed by atoms with Crippen LogP contribution < -0.4 is 4.90 Å². The first kappa shape index (κ1) is 36.9. The molecule has 304 valence electrons. The fourth-order valence-electron chi connectivity index (χ4n) is 10.0. The normalized spacial score (nSPS) is 11.7. The molecule has 0 aliphatic carbocycles. The molecule has 0 saturated carbocycles. The molecule has 0 unspecified atom stereocenters. The second-order valence-electron chi connectivity index (χ2n) is 16.9. The Morgan fingerprint density at radius 2 is 0.892 bits per heavy atom. The van der Waals surface area contributed by atoms with Gasteiger partial charge >= 0.3 is 0 Å². The van der Waals surface area contributed by atoms with Gasteiger partial charge in [-0.05, 0) is 123 Å². The summed E-state index contributed by atoms with van der Waals surface area (Å²) in [7, 11) is 0. The highest BCUT2D eigenvalue weighted by Crippen LogP contribution is 2.44. The van der Waals surface area contributed by atoms with Crippen LogP contribution in [0.5, 0.6) is 0 Å². The molecule has 65 heavy (non-hydrogen) atoms. The van der Waals surface area contributed by atoms with Crippen LogP contribution in [-0.2, 0) is 0 Å². The molecule has 0 spiro atoms. The van der Waals surface area contributed by atoms with Crippen molar-refractivity contribution in [1.29, 1.82) is 0 Å². The van der Waals surface area contributed by atoms with Gasteiger partial charge in [0, 0.05) is 49.6 Å². The summed E-state index contributed by atoms with van der Waals surface area (Å²) in [6.07, 6.45) is 0. The zero-order valence-electron chi connectivity index (χ0n) is 35.4. The maximum atomic E-state index is 6.55. The molecular formula is C62H40N2O. The van der Waals surface area contributed by atoms with Gasteiger partial charge in [0.1, 0.15) is 11.2 Å². The summed E-state index contributed by atoms with van der Waals surface area (Å²) >= 11 is 0. The van der Waals surface area contributed by atoms with Crippen molar-refractivity contribution < 1.29 is 4.42 Å². The van der Waals surface area contributed by atoms with Gasteiger partial charge in [0.15, 0.2) is 0 Å². The van der Waals surface area contributed by atoms with Gasteiger partial charge in [0.05, 0.1) is 16.7 Å². The quantitative estimate of drug-likeness (QED) is 0.160. The topological polar surface area (TPSA) is 21.3 Å². The molecule has 0 N–H and O–H groups in total. The standard InChI is InChI=1S/C62H40N2O/c1-2-14-45-38-47(25-24-41(45)12-1)43-28-34-50(35-29-43)63(58-21-8-5-17-52(58)48-31-37-61-57(40-48)56-36-30-44-13-3-4-18-53(44)62(56)65-61)49-32-26-42(27-33-49)46-15-11-16-51(39-46)64-59-22-9-6-19-54(59)55-20-7-10-23-60(55)64/h1-40H. The first-order valence-corrected chi connectivity index (χ1v) is 22.2. The highest BCUT2D eigenvalue weighted by molar-refractivity contribution is 6.16. The summed E-state index contributed by atoms with van der Waals surface area (Å²) in [5.74, 6) is 0. The number of para-hydroxylation sites is 3. The molecule has 0 radical (unpaired) electrons. The average Bonchev–Trinajstić information content (AvgIpc) is 3.93. The number of hydrogen-bond acceptors (Lipinski definition) is 2. The van der Waals surface area contributed by atoms with Crippen molar-refractivity contribution in [2.75, 3.05) is 4.90 Å². The number of rotatable bonds is 7. The predicted octanol–water partition coefficient (Wildman–Crippen LogP) is 17.5. The van der Waals surface area contributed by atoms with E-state index in [2.05, 4.69) is 252 Å². The number of anilines is 3. The number of hydrogen-bond donors (Lipinski definition) is 0. The molecule has 0 amide bonds. The SMILES string of the molecule is c1cc(-c2ccc(N(c3ccc(-c4ccc5ccccc5c4)cc3)c3ccccc3-c3ccc4oc5c6ccccc6ccc5c4c3)cc2)cc(-n2c3ccccc3c3ccccc32)c1. The molecule has 0 saturated heterocycles. The lowest BCUT2D eigenvalue weighted by molar-refractivity contribution is 0.672. The van der Waals surface area contributed by atoms with E-state index in [9.17, 15) is 0 Å². The molecule has 0 fully saturated rings. The molecule has 0 atom stereocenters. The number of fused-ring (bicyclic) bond motifs is 9. The lowest BCUT2D eigenvalue weighted by Crippen LogP contribution is -2.11. The molecule has 3 nitrogen and oxygen atoms in total. The Kier molecular flexibility index (Phi) is 8.53. The van der Waals surface area contributed by atoms with E-state index in [4.69, 9.17) is 4.42 Å². The highest BCUT2D eigenvalue weighted by atomic mass is 16.3. The van der Waals surface area contributed by atoms with Gasteiger partial charge in [-0.25, -0.2) is 0 Å². The van der Waals surface area contributed by atoms with E-state index in [1.165, 1.54) is 49.1 Å². The number of nitrogens with zero attached hydrogens (tertiary/aromatic N) is 2. The maximum absolute atomic E-state index is 6.55. The Labute approximate surface area is 376 Å². The van der Waals surface area contributed by atoms with E-state index in [1.54, 1.807) is 0 Å². The fraction of sp³-hybridized carbons (Fsp3) is 0. The Morgan fingerprint density at radius 3 is 1.63 bits per heavy atom. The highest BCUT2D eigenvalue weighted by Gasteiger charge is 2.20. The summed E-state index contributed by atoms with van der Waals surface area (Å²) in [4.78, 5) is 2.39. The fourth-order valence-corrected chi connectivity index (χ4v) is 10.0. The van der Waals surface area contributed by atoms with Crippen molar-refractivity contribution in [2.45, 2.75) is 0 Å². The molecule has 0 aliphatic rings. The van der Waals surface area contributed by atoms with Crippen molar-refractivity contribution in [2.24, 2.45) is 0 Å². The van der Waals surface area contributed by atoms with E-state index in [1.807, 2.05) is 0 Å². The van der Waals surface area contributed by atoms with Crippen LogP contribution >= 0.6 is 0 Å². The minimum Gasteiger partial charge on any atom is -0.455 e. The first-order chi connectivity index (χ1) is 32.2. The van der Waals surface area contributed by atoms with E-state index >= 15 is 0 Å². The lowest BCUT2D eigenvalue weighted by atomic mass is 9.98. The number of benzene rings is 11. The summed E-state index contributed by atoms with van der Waals surface area (Å²) in [6.45, 7) is 0. The third-order valence-electron chi connectivity index (χ3n) is 13.2. The molecule has 2 heterocycles. The van der Waals surface area contributed by atoms with Gasteiger partial charge in [-0.1, -0.05) is 164 Å². The van der Waals surface area contributed by atoms with E-state index in [0.717, 1.165) is 72.3 Å². The second kappa shape index (κ2) is 15.0. The smallest absolute Gasteiger partial charge is 0.143 e. The van der Waals surface area contributed by atoms with E-state index in [-0.39, 0.29) is 0 Å². The maximum Gasteiger partial charge on any atom is 0.143 e. The molecule has 11 aromatic carbocycles. The molecular weight excluding hydrogens is 789 g/mol. The van der Waals surface area contributed by atoms with Crippen LogP contribution in [0.1, 0.15) is 0 Å². The van der Waals surface area contributed by atoms with Gasteiger partial charge in [-0.3, -0.25) is 0 Å². The third kappa shape index (κ3) is 6.20. The largest absolute Gasteiger partial charge is 0.455 e. The zero-order valence-corrected chi connectivity index (χ0v) is 35.4. The van der Waals surface area contributed by atoms with E-state index < -0.39 is 0 Å². The first-order valence-electron chi connectivity index (χ1n) is 22.2. The Balaban J connectivity index is 0.926. The summed E-state index contributed by atoms with van der Waals surface area (Å²) < 4.78 is 8.93. The van der Waals surface area contributed by atoms with E-state index in [0.29, 0.717) is 0 Å². The van der Waals surface area contributed by atoms with Crippen molar-refractivity contribution in [3.8, 4) is 39.1 Å². The molecule has 13 aromatic rings. The van der Waals surface area contributed by atoms with Gasteiger partial charge in [0.25, 0.3) is 0 Å². The van der Waals surface area contributed by atoms with Gasteiger partial charge in [0.2, 0.25) is 0 Å². The molecule has 13 rings (SSSR count). The molecule has 2 aromatic heterocycles. The molecule has 3 heteroatoms. The van der Waals surface area contributed by atoms with Gasteiger partial charge in [-0.2, -0.15) is 0 Å². The summed E-state index contributed by atoms with van der Waals surface area (Å²) in [6, 6.07) is 87.8.